The van der Waals surface area contributed by atoms with Crippen LogP contribution in [-0.4, -0.2) is 0 Å². The van der Waals surface area contributed by atoms with Crippen LogP contribution in [0, 0.1) is 0 Å². The summed E-state index contributed by atoms with van der Waals surface area (Å²) in [6, 6.07) is 7.56. The first-order valence-corrected chi connectivity index (χ1v) is 7.64. The number of thiophene rings is 1. The van der Waals surface area contributed by atoms with Crippen LogP contribution in [0.5, 0.6) is 0 Å². The van der Waals surface area contributed by atoms with Crippen LogP contribution in [0.15, 0.2) is 34.1 Å². The number of benzene rings is 1. The molecule has 108 valence electrons. The summed E-state index contributed by atoms with van der Waals surface area (Å²) in [6.45, 7) is 1.89. The molecule has 1 nitrogen and oxygen atoms in total. The molecule has 0 spiro atoms. The second-order valence-corrected chi connectivity index (χ2v) is 7.10. The maximum atomic E-state index is 12.8. The fourth-order valence-electron chi connectivity index (χ4n) is 1.71. The lowest BCUT2D eigenvalue weighted by molar-refractivity contribution is -0.137. The molecule has 0 saturated carbocycles. The number of alkyl halides is 3. The van der Waals surface area contributed by atoms with E-state index in [1.54, 1.807) is 0 Å². The summed E-state index contributed by atoms with van der Waals surface area (Å²) >= 11 is 10.5. The maximum Gasteiger partial charge on any atom is 0.417 e. The van der Waals surface area contributed by atoms with Crippen LogP contribution < -0.4 is 5.32 Å². The minimum absolute atomic E-state index is 0.0893. The zero-order valence-electron chi connectivity index (χ0n) is 10.3. The fraction of sp³-hybridized carbons (Fsp3) is 0.231. The molecule has 0 aliphatic carbocycles. The van der Waals surface area contributed by atoms with Crippen LogP contribution in [0.2, 0.25) is 5.02 Å². The van der Waals surface area contributed by atoms with Gasteiger partial charge in [-0.25, -0.2) is 0 Å². The third-order valence-electron chi connectivity index (χ3n) is 2.68. The van der Waals surface area contributed by atoms with Crippen LogP contribution in [0.3, 0.4) is 0 Å². The molecule has 7 heteroatoms. The zero-order valence-corrected chi connectivity index (χ0v) is 13.4. The van der Waals surface area contributed by atoms with Gasteiger partial charge in [-0.2, -0.15) is 13.2 Å². The van der Waals surface area contributed by atoms with E-state index in [0.29, 0.717) is 5.69 Å². The SMILES string of the molecule is CC(Nc1ccc(Cl)c(C(F)(F)F)c1)c1ccc(Br)s1. The fourth-order valence-corrected chi connectivity index (χ4v) is 3.37. The summed E-state index contributed by atoms with van der Waals surface area (Å²) in [4.78, 5) is 1.03. The molecule has 0 amide bonds. The van der Waals surface area contributed by atoms with Gasteiger partial charge in [-0.3, -0.25) is 0 Å². The Kier molecular flexibility index (Phi) is 4.66. The van der Waals surface area contributed by atoms with E-state index in [4.69, 9.17) is 11.6 Å². The summed E-state index contributed by atoms with van der Waals surface area (Å²) in [5, 5.41) is 2.75. The highest BCUT2D eigenvalue weighted by Gasteiger charge is 2.33. The summed E-state index contributed by atoms with van der Waals surface area (Å²) in [6.07, 6.45) is -4.45. The van der Waals surface area contributed by atoms with Gasteiger partial charge in [-0.15, -0.1) is 11.3 Å². The molecular weight excluding hydrogens is 375 g/mol. The molecule has 1 N–H and O–H groups in total. The van der Waals surface area contributed by atoms with Crippen molar-refractivity contribution >= 4 is 44.6 Å². The summed E-state index contributed by atoms with van der Waals surface area (Å²) in [5.74, 6) is 0. The Labute approximate surface area is 131 Å². The third kappa shape index (κ3) is 3.68. The van der Waals surface area contributed by atoms with Crippen molar-refractivity contribution in [1.29, 1.82) is 0 Å². The molecule has 1 unspecified atom stereocenters. The highest BCUT2D eigenvalue weighted by Crippen LogP contribution is 2.37. The summed E-state index contributed by atoms with van der Waals surface area (Å²) in [7, 11) is 0. The number of halogens is 5. The molecular formula is C13H10BrClF3NS. The first-order chi connectivity index (χ1) is 9.27. The minimum Gasteiger partial charge on any atom is -0.378 e. The van der Waals surface area contributed by atoms with Crippen molar-refractivity contribution in [3.05, 3.63) is 49.6 Å². The predicted octanol–water partition coefficient (Wildman–Crippen LogP) is 6.36. The van der Waals surface area contributed by atoms with E-state index in [0.717, 1.165) is 14.7 Å². The van der Waals surface area contributed by atoms with E-state index in [9.17, 15) is 13.2 Å². The van der Waals surface area contributed by atoms with Gasteiger partial charge in [0.1, 0.15) is 0 Å². The van der Waals surface area contributed by atoms with Crippen molar-refractivity contribution in [2.75, 3.05) is 5.32 Å². The lowest BCUT2D eigenvalue weighted by Gasteiger charge is -2.16. The van der Waals surface area contributed by atoms with Crippen molar-refractivity contribution in [2.45, 2.75) is 19.1 Å². The first-order valence-electron chi connectivity index (χ1n) is 5.66. The van der Waals surface area contributed by atoms with E-state index >= 15 is 0 Å². The van der Waals surface area contributed by atoms with Crippen LogP contribution >= 0.6 is 38.9 Å². The second kappa shape index (κ2) is 5.95. The van der Waals surface area contributed by atoms with Crippen LogP contribution in [0.25, 0.3) is 0 Å². The van der Waals surface area contributed by atoms with Crippen molar-refractivity contribution in [2.24, 2.45) is 0 Å². The highest BCUT2D eigenvalue weighted by atomic mass is 79.9. The Morgan fingerprint density at radius 1 is 1.25 bits per heavy atom. The third-order valence-corrected chi connectivity index (χ3v) is 4.81. The second-order valence-electron chi connectivity index (χ2n) is 4.20. The quantitative estimate of drug-likeness (QED) is 0.649. The number of nitrogens with one attached hydrogen (secondary N) is 1. The van der Waals surface area contributed by atoms with E-state index in [1.165, 1.54) is 23.5 Å². The number of hydrogen-bond donors (Lipinski definition) is 1. The van der Waals surface area contributed by atoms with E-state index < -0.39 is 11.7 Å². The van der Waals surface area contributed by atoms with Crippen LogP contribution in [0.1, 0.15) is 23.4 Å². The van der Waals surface area contributed by atoms with Gasteiger partial charge >= 0.3 is 6.18 Å². The highest BCUT2D eigenvalue weighted by molar-refractivity contribution is 9.11. The lowest BCUT2D eigenvalue weighted by atomic mass is 10.1. The van der Waals surface area contributed by atoms with Gasteiger partial charge in [-0.1, -0.05) is 11.6 Å². The average Bonchev–Trinajstić information content (AvgIpc) is 2.77. The molecule has 0 fully saturated rings. The Hall–Kier alpha value is -0.720. The number of anilines is 1. The van der Waals surface area contributed by atoms with Gasteiger partial charge in [0.15, 0.2) is 0 Å². The van der Waals surface area contributed by atoms with Crippen LogP contribution in [-0.2, 0) is 6.18 Å². The lowest BCUT2D eigenvalue weighted by Crippen LogP contribution is -2.09. The normalized spacial score (nSPS) is 13.3. The monoisotopic (exact) mass is 383 g/mol. The van der Waals surface area contributed by atoms with Crippen molar-refractivity contribution < 1.29 is 13.2 Å². The van der Waals surface area contributed by atoms with E-state index in [2.05, 4.69) is 21.2 Å². The smallest absolute Gasteiger partial charge is 0.378 e. The molecule has 0 bridgehead atoms. The standard InChI is InChI=1S/C13H10BrClF3NS/c1-7(11-4-5-12(14)20-11)19-8-2-3-10(15)9(6-8)13(16,17)18/h2-7,19H,1H3. The van der Waals surface area contributed by atoms with Gasteiger partial charge in [0.25, 0.3) is 0 Å². The largest absolute Gasteiger partial charge is 0.417 e. The van der Waals surface area contributed by atoms with Crippen LogP contribution in [0.4, 0.5) is 18.9 Å². The van der Waals surface area contributed by atoms with Gasteiger partial charge in [0.05, 0.1) is 20.4 Å². The van der Waals surface area contributed by atoms with Crippen molar-refractivity contribution in [3.8, 4) is 0 Å². The number of rotatable bonds is 3. The predicted molar refractivity (Wildman–Crippen MR) is 80.5 cm³/mol. The summed E-state index contributed by atoms with van der Waals surface area (Å²) in [5.41, 5.74) is -0.442. The Morgan fingerprint density at radius 2 is 1.95 bits per heavy atom. The van der Waals surface area contributed by atoms with Gasteiger partial charge in [0.2, 0.25) is 0 Å². The molecule has 1 heterocycles. The van der Waals surface area contributed by atoms with Gasteiger partial charge in [-0.05, 0) is 53.2 Å². The molecule has 0 radical (unpaired) electrons. The van der Waals surface area contributed by atoms with E-state index in [-0.39, 0.29) is 11.1 Å². The Morgan fingerprint density at radius 3 is 2.50 bits per heavy atom. The van der Waals surface area contributed by atoms with Gasteiger partial charge in [0, 0.05) is 10.6 Å². The number of hydrogen-bond acceptors (Lipinski definition) is 2. The van der Waals surface area contributed by atoms with Gasteiger partial charge < -0.3 is 5.32 Å². The maximum absolute atomic E-state index is 12.8. The topological polar surface area (TPSA) is 12.0 Å². The molecule has 0 saturated heterocycles. The van der Waals surface area contributed by atoms with Crippen molar-refractivity contribution in [1.82, 2.24) is 0 Å². The molecule has 2 rings (SSSR count). The molecule has 0 aliphatic rings. The molecule has 20 heavy (non-hydrogen) atoms. The summed E-state index contributed by atoms with van der Waals surface area (Å²) < 4.78 is 39.3. The first kappa shape index (κ1) is 15.7. The molecule has 1 aromatic carbocycles. The molecule has 1 aromatic heterocycles. The Bertz CT molecular complexity index is 612. The Balaban J connectivity index is 2.22. The minimum atomic E-state index is -4.45. The average molecular weight is 385 g/mol. The molecule has 2 aromatic rings. The zero-order chi connectivity index (χ0) is 14.9. The van der Waals surface area contributed by atoms with E-state index in [1.807, 2.05) is 19.1 Å². The van der Waals surface area contributed by atoms with Crippen molar-refractivity contribution in [3.63, 3.8) is 0 Å². The molecule has 1 atom stereocenters. The molecule has 0 aliphatic heterocycles.